The average molecular weight is 563 g/mol. The molecule has 0 saturated carbocycles. The maximum absolute atomic E-state index is 13.9. The molecule has 2 unspecified atom stereocenters. The zero-order valence-electron chi connectivity index (χ0n) is 21.0. The molecule has 3 aliphatic heterocycles. The van der Waals surface area contributed by atoms with Crippen molar-refractivity contribution in [3.8, 4) is 0 Å². The molecule has 0 bridgehead atoms. The number of anilines is 1. The van der Waals surface area contributed by atoms with E-state index in [-0.39, 0.29) is 11.8 Å². The fraction of sp³-hybridized carbons (Fsp3) is 0.276. The molecule has 3 aliphatic rings. The van der Waals surface area contributed by atoms with E-state index in [1.54, 1.807) is 11.1 Å². The highest BCUT2D eigenvalue weighted by Gasteiger charge is 2.57. The van der Waals surface area contributed by atoms with Crippen LogP contribution in [0.1, 0.15) is 24.2 Å². The van der Waals surface area contributed by atoms with Crippen LogP contribution in [-0.2, 0) is 28.6 Å². The lowest BCUT2D eigenvalue weighted by Crippen LogP contribution is -2.70. The highest BCUT2D eigenvalue weighted by Crippen LogP contribution is 2.46. The molecule has 4 heterocycles. The lowest BCUT2D eigenvalue weighted by atomic mass is 10.0. The second kappa shape index (κ2) is 11.0. The number of esters is 1. The number of hydrogen-bond donors (Lipinski definition) is 0. The monoisotopic (exact) mass is 562 g/mol. The number of thiophene rings is 1. The van der Waals surface area contributed by atoms with Crippen LogP contribution in [0.25, 0.3) is 0 Å². The number of hydrogen-bond acceptors (Lipinski definition) is 8. The normalized spacial score (nSPS) is 22.7. The average Bonchev–Trinajstić information content (AvgIpc) is 3.69. The van der Waals surface area contributed by atoms with Crippen LogP contribution in [0.3, 0.4) is 0 Å². The number of amides is 2. The van der Waals surface area contributed by atoms with E-state index in [4.69, 9.17) is 14.2 Å². The number of carbonyl (C=O) groups is 3. The van der Waals surface area contributed by atoms with Crippen molar-refractivity contribution in [2.75, 3.05) is 18.1 Å². The third-order valence-electron chi connectivity index (χ3n) is 6.83. The predicted molar refractivity (Wildman–Crippen MR) is 148 cm³/mol. The Morgan fingerprint density at radius 3 is 2.18 bits per heavy atom. The Labute approximate surface area is 234 Å². The Hall–Kier alpha value is -3.44. The van der Waals surface area contributed by atoms with Crippen molar-refractivity contribution in [1.82, 2.24) is 4.90 Å². The number of thioether (sulfide) groups is 1. The summed E-state index contributed by atoms with van der Waals surface area (Å²) in [6.45, 7) is 2.23. The summed E-state index contributed by atoms with van der Waals surface area (Å²) in [6, 6.07) is 22.1. The van der Waals surface area contributed by atoms with Crippen molar-refractivity contribution < 1.29 is 28.6 Å². The maximum atomic E-state index is 13.9. The zero-order valence-corrected chi connectivity index (χ0v) is 22.7. The van der Waals surface area contributed by atoms with Crippen LogP contribution >= 0.6 is 23.1 Å². The minimum Gasteiger partial charge on any atom is -0.451 e. The predicted octanol–water partition coefficient (Wildman–Crippen LogP) is 4.34. The lowest BCUT2D eigenvalue weighted by Gasteiger charge is -2.52. The molecule has 2 aromatic carbocycles. The zero-order chi connectivity index (χ0) is 26.9. The van der Waals surface area contributed by atoms with E-state index >= 15 is 0 Å². The van der Waals surface area contributed by atoms with Crippen molar-refractivity contribution in [2.45, 2.75) is 36.0 Å². The number of carbonyl (C=O) groups excluding carboxylic acids is 3. The number of nitrogens with zero attached hydrogens (tertiary/aromatic N) is 2. The first kappa shape index (κ1) is 25.8. The van der Waals surface area contributed by atoms with E-state index in [0.717, 1.165) is 11.1 Å². The number of fused-ring (bicyclic) bond motifs is 1. The van der Waals surface area contributed by atoms with Gasteiger partial charge in [-0.15, -0.1) is 23.1 Å². The smallest absolute Gasteiger partial charge is 0.324 e. The Morgan fingerprint density at radius 1 is 0.974 bits per heavy atom. The molecule has 2 fully saturated rings. The minimum absolute atomic E-state index is 0.218. The summed E-state index contributed by atoms with van der Waals surface area (Å²) in [7, 11) is 0. The van der Waals surface area contributed by atoms with Crippen LogP contribution in [0.15, 0.2) is 89.9 Å². The van der Waals surface area contributed by atoms with Gasteiger partial charge in [0.05, 0.1) is 18.2 Å². The molecular formula is C29H26N2O6S2. The standard InChI is InChI=1S/C29H26N2O6S2/c1-18(32)31(22-13-8-16-38-22)23-26(33)30-17-21(29-35-14-15-36-29)25(39-27(23)30)28(34)37-24(19-9-4-2-5-10-19)20-11-6-3-7-12-20/h2-13,16-17,23-25,27,29H,14-15H2,1H3/t23?,25?,27-/m1/s1. The van der Waals surface area contributed by atoms with Gasteiger partial charge >= 0.3 is 5.97 Å². The first-order chi connectivity index (χ1) is 19.0. The van der Waals surface area contributed by atoms with E-state index in [1.807, 2.05) is 78.2 Å². The molecule has 39 heavy (non-hydrogen) atoms. The number of ether oxygens (including phenoxy) is 3. The van der Waals surface area contributed by atoms with Gasteiger partial charge in [0, 0.05) is 18.7 Å². The molecule has 200 valence electrons. The highest BCUT2D eigenvalue weighted by atomic mass is 32.2. The summed E-state index contributed by atoms with van der Waals surface area (Å²) in [5.74, 6) is -0.920. The van der Waals surface area contributed by atoms with Crippen LogP contribution in [0.2, 0.25) is 0 Å². The molecule has 0 N–H and O–H groups in total. The van der Waals surface area contributed by atoms with Crippen LogP contribution in [-0.4, -0.2) is 58.9 Å². The van der Waals surface area contributed by atoms with Crippen molar-refractivity contribution in [3.63, 3.8) is 0 Å². The molecule has 1 aromatic heterocycles. The Morgan fingerprint density at radius 2 is 1.62 bits per heavy atom. The largest absolute Gasteiger partial charge is 0.451 e. The molecule has 0 spiro atoms. The lowest BCUT2D eigenvalue weighted by molar-refractivity contribution is -0.148. The molecule has 6 rings (SSSR count). The number of benzene rings is 2. The Kier molecular flexibility index (Phi) is 7.26. The van der Waals surface area contributed by atoms with Crippen LogP contribution in [0.4, 0.5) is 5.00 Å². The molecule has 3 aromatic rings. The minimum atomic E-state index is -0.794. The molecule has 8 nitrogen and oxygen atoms in total. The van der Waals surface area contributed by atoms with Crippen LogP contribution in [0, 0.1) is 0 Å². The fourth-order valence-corrected chi connectivity index (χ4v) is 7.28. The van der Waals surface area contributed by atoms with Gasteiger partial charge in [-0.05, 0) is 28.6 Å². The van der Waals surface area contributed by atoms with Crippen LogP contribution in [0.5, 0.6) is 0 Å². The Balaban J connectivity index is 1.32. The van der Waals surface area contributed by atoms with Crippen molar-refractivity contribution in [2.24, 2.45) is 0 Å². The first-order valence-corrected chi connectivity index (χ1v) is 14.4. The fourth-order valence-electron chi connectivity index (χ4n) is 5.02. The molecule has 10 heteroatoms. The molecule has 2 saturated heterocycles. The van der Waals surface area contributed by atoms with Gasteiger partial charge in [-0.1, -0.05) is 60.7 Å². The summed E-state index contributed by atoms with van der Waals surface area (Å²) >= 11 is 2.67. The summed E-state index contributed by atoms with van der Waals surface area (Å²) in [4.78, 5) is 43.0. The third kappa shape index (κ3) is 4.89. The van der Waals surface area contributed by atoms with E-state index in [9.17, 15) is 14.4 Å². The summed E-state index contributed by atoms with van der Waals surface area (Å²) in [6.07, 6.45) is 0.272. The van der Waals surface area contributed by atoms with Gasteiger partial charge < -0.3 is 19.1 Å². The van der Waals surface area contributed by atoms with Crippen molar-refractivity contribution in [1.29, 1.82) is 0 Å². The topological polar surface area (TPSA) is 85.4 Å². The second-order valence-corrected chi connectivity index (χ2v) is 11.4. The molecule has 2 amide bonds. The summed E-state index contributed by atoms with van der Waals surface area (Å²) < 4.78 is 17.7. The molecule has 3 atom stereocenters. The van der Waals surface area contributed by atoms with Crippen LogP contribution < -0.4 is 4.90 Å². The quantitative estimate of drug-likeness (QED) is 0.313. The summed E-state index contributed by atoms with van der Waals surface area (Å²) in [5, 5.41) is 1.29. The number of β-lactam (4-membered cyclic amide) rings is 1. The SMILES string of the molecule is CC(=O)N(c1cccs1)C1C(=O)N2C=C(C3OCCO3)C(C(=O)OC(c3ccccc3)c3ccccc3)S[C@H]12. The van der Waals surface area contributed by atoms with E-state index in [0.29, 0.717) is 23.8 Å². The highest BCUT2D eigenvalue weighted by molar-refractivity contribution is 8.01. The van der Waals surface area contributed by atoms with E-state index in [1.165, 1.54) is 34.9 Å². The van der Waals surface area contributed by atoms with Gasteiger partial charge in [-0.25, -0.2) is 0 Å². The van der Waals surface area contributed by atoms with Gasteiger partial charge in [0.1, 0.15) is 16.7 Å². The molecule has 0 radical (unpaired) electrons. The Bertz CT molecular complexity index is 1340. The van der Waals surface area contributed by atoms with Crippen molar-refractivity contribution in [3.05, 3.63) is 101 Å². The number of rotatable bonds is 7. The molecular weight excluding hydrogens is 536 g/mol. The molecule has 0 aliphatic carbocycles. The van der Waals surface area contributed by atoms with Gasteiger partial charge in [0.15, 0.2) is 12.4 Å². The second-order valence-electron chi connectivity index (χ2n) is 9.28. The van der Waals surface area contributed by atoms with E-state index in [2.05, 4.69) is 0 Å². The summed E-state index contributed by atoms with van der Waals surface area (Å²) in [5.41, 5.74) is 2.21. The van der Waals surface area contributed by atoms with Gasteiger partial charge in [0.2, 0.25) is 5.91 Å². The van der Waals surface area contributed by atoms with Gasteiger partial charge in [-0.3, -0.25) is 19.3 Å². The van der Waals surface area contributed by atoms with Gasteiger partial charge in [0.25, 0.3) is 5.91 Å². The first-order valence-electron chi connectivity index (χ1n) is 12.6. The maximum Gasteiger partial charge on any atom is 0.324 e. The van der Waals surface area contributed by atoms with E-state index < -0.39 is 35.0 Å². The third-order valence-corrected chi connectivity index (χ3v) is 9.19. The van der Waals surface area contributed by atoms with Crippen molar-refractivity contribution >= 4 is 45.9 Å². The van der Waals surface area contributed by atoms with Gasteiger partial charge in [-0.2, -0.15) is 0 Å².